The molecule has 0 rings (SSSR count). The van der Waals surface area contributed by atoms with Crippen LogP contribution in [0.5, 0.6) is 0 Å². The summed E-state index contributed by atoms with van der Waals surface area (Å²) in [5.41, 5.74) is 0. The minimum atomic E-state index is -0.558. The van der Waals surface area contributed by atoms with Crippen LogP contribution in [-0.4, -0.2) is 89.4 Å². The normalized spacial score (nSPS) is 12.3. The van der Waals surface area contributed by atoms with E-state index >= 15 is 0 Å². The van der Waals surface area contributed by atoms with Gasteiger partial charge in [-0.2, -0.15) is 0 Å². The van der Waals surface area contributed by atoms with Crippen molar-refractivity contribution in [3.8, 4) is 0 Å². The van der Waals surface area contributed by atoms with Gasteiger partial charge >= 0.3 is 18.0 Å². The highest BCUT2D eigenvalue weighted by Gasteiger charge is 2.19. The number of hydrogen-bond acceptors (Lipinski definition) is 9. The number of ether oxygens (including phenoxy) is 5. The zero-order valence-electron chi connectivity index (χ0n) is 37.5. The molecule has 1 unspecified atom stereocenters. The molecule has 0 aromatic rings. The first kappa shape index (κ1) is 54.6. The van der Waals surface area contributed by atoms with Gasteiger partial charge in [0, 0.05) is 39.1 Å². The highest BCUT2D eigenvalue weighted by molar-refractivity contribution is 5.70. The number of alkyl carbamates (subject to hydrolysis) is 1. The molecule has 10 nitrogen and oxygen atoms in total. The summed E-state index contributed by atoms with van der Waals surface area (Å²) in [6.45, 7) is 8.94. The Morgan fingerprint density at radius 3 is 1.56 bits per heavy atom. The minimum absolute atomic E-state index is 0.00269. The Kier molecular flexibility index (Phi) is 41.3. The Labute approximate surface area is 350 Å². The SMILES string of the molecule is CCCCC/C=C\C/C=C\CCCCCCCC(=O)OCC(COC(=O)CCC(OCCCCCCCC)OCCCCCCCC)COC(=O)NCCN(C)C. The number of hydrogen-bond donors (Lipinski definition) is 1. The summed E-state index contributed by atoms with van der Waals surface area (Å²) in [5, 5.41) is 2.72. The Morgan fingerprint density at radius 2 is 1.00 bits per heavy atom. The van der Waals surface area contributed by atoms with Crippen LogP contribution in [0.2, 0.25) is 0 Å². The summed E-state index contributed by atoms with van der Waals surface area (Å²) >= 11 is 0. The standard InChI is InChI=1S/C47H88N2O8/c1-6-9-12-15-18-19-20-21-22-23-24-25-26-27-30-33-44(50)55-40-43(42-57-47(52)48-36-37-49(4)5)41-56-45(51)34-35-46(53-38-31-28-16-13-10-7-2)54-39-32-29-17-14-11-8-3/h18-19,21-22,43,46H,6-17,20,23-42H2,1-5H3,(H,48,52)/b19-18-,22-21-. The van der Waals surface area contributed by atoms with E-state index in [0.29, 0.717) is 39.1 Å². The lowest BCUT2D eigenvalue weighted by Gasteiger charge is -2.20. The largest absolute Gasteiger partial charge is 0.465 e. The maximum atomic E-state index is 12.9. The molecule has 0 aliphatic carbocycles. The van der Waals surface area contributed by atoms with Gasteiger partial charge in [0.1, 0.15) is 19.8 Å². The van der Waals surface area contributed by atoms with Crippen LogP contribution in [-0.2, 0) is 33.3 Å². The van der Waals surface area contributed by atoms with Crippen molar-refractivity contribution < 1.29 is 38.1 Å². The van der Waals surface area contributed by atoms with Crippen LogP contribution in [0.4, 0.5) is 4.79 Å². The van der Waals surface area contributed by atoms with Gasteiger partial charge in [0.2, 0.25) is 0 Å². The highest BCUT2D eigenvalue weighted by atomic mass is 16.7. The lowest BCUT2D eigenvalue weighted by molar-refractivity contribution is -0.161. The molecule has 1 N–H and O–H groups in total. The number of amides is 1. The fraction of sp³-hybridized carbons (Fsp3) is 0.851. The van der Waals surface area contributed by atoms with Crippen molar-refractivity contribution in [3.05, 3.63) is 24.3 Å². The Balaban J connectivity index is 4.72. The molecular weight excluding hydrogens is 721 g/mol. The van der Waals surface area contributed by atoms with Gasteiger partial charge in [-0.1, -0.05) is 141 Å². The van der Waals surface area contributed by atoms with Crippen LogP contribution in [0.25, 0.3) is 0 Å². The molecule has 0 saturated carbocycles. The molecule has 0 spiro atoms. The second kappa shape index (κ2) is 43.2. The molecule has 1 atom stereocenters. The second-order valence-electron chi connectivity index (χ2n) is 15.8. The van der Waals surface area contributed by atoms with Crippen molar-refractivity contribution in [1.82, 2.24) is 10.2 Å². The molecule has 0 bridgehead atoms. The molecule has 0 radical (unpaired) electrons. The van der Waals surface area contributed by atoms with Gasteiger partial charge in [-0.15, -0.1) is 0 Å². The van der Waals surface area contributed by atoms with Crippen LogP contribution in [0, 0.1) is 5.92 Å². The fourth-order valence-electron chi connectivity index (χ4n) is 6.06. The molecule has 334 valence electrons. The summed E-state index contributed by atoms with van der Waals surface area (Å²) in [6, 6.07) is 0. The predicted octanol–water partition coefficient (Wildman–Crippen LogP) is 11.7. The summed E-state index contributed by atoms with van der Waals surface area (Å²) in [5.74, 6) is -1.16. The van der Waals surface area contributed by atoms with Gasteiger partial charge in [0.05, 0.1) is 12.3 Å². The Hall–Kier alpha value is -2.43. The molecule has 0 aliphatic rings. The van der Waals surface area contributed by atoms with Crippen molar-refractivity contribution in [1.29, 1.82) is 0 Å². The van der Waals surface area contributed by atoms with Crippen molar-refractivity contribution in [2.24, 2.45) is 5.92 Å². The van der Waals surface area contributed by atoms with Crippen LogP contribution in [0.15, 0.2) is 24.3 Å². The zero-order valence-corrected chi connectivity index (χ0v) is 37.5. The van der Waals surface area contributed by atoms with Crippen molar-refractivity contribution in [3.63, 3.8) is 0 Å². The summed E-state index contributed by atoms with van der Waals surface area (Å²) in [7, 11) is 3.85. The van der Waals surface area contributed by atoms with Gasteiger partial charge < -0.3 is 33.9 Å². The lowest BCUT2D eigenvalue weighted by Crippen LogP contribution is -2.34. The van der Waals surface area contributed by atoms with Crippen molar-refractivity contribution >= 4 is 18.0 Å². The highest BCUT2D eigenvalue weighted by Crippen LogP contribution is 2.14. The average molecular weight is 809 g/mol. The first-order valence-electron chi connectivity index (χ1n) is 23.2. The number of unbranched alkanes of at least 4 members (excludes halogenated alkanes) is 18. The molecule has 0 aliphatic heterocycles. The zero-order chi connectivity index (χ0) is 41.9. The quantitative estimate of drug-likeness (QED) is 0.0212. The molecule has 0 heterocycles. The topological polar surface area (TPSA) is 113 Å². The Bertz CT molecular complexity index is 955. The van der Waals surface area contributed by atoms with E-state index in [1.54, 1.807) is 0 Å². The number of rotatable bonds is 42. The van der Waals surface area contributed by atoms with Crippen LogP contribution in [0.1, 0.15) is 188 Å². The third-order valence-corrected chi connectivity index (χ3v) is 9.76. The van der Waals surface area contributed by atoms with Crippen LogP contribution >= 0.6 is 0 Å². The summed E-state index contributed by atoms with van der Waals surface area (Å²) in [6.07, 6.45) is 35.3. The number of allylic oxidation sites excluding steroid dienone is 4. The monoisotopic (exact) mass is 809 g/mol. The van der Waals surface area contributed by atoms with Crippen molar-refractivity contribution in [2.45, 2.75) is 194 Å². The number of nitrogens with one attached hydrogen (secondary N) is 1. The summed E-state index contributed by atoms with van der Waals surface area (Å²) in [4.78, 5) is 39.7. The predicted molar refractivity (Wildman–Crippen MR) is 234 cm³/mol. The average Bonchev–Trinajstić information content (AvgIpc) is 3.19. The number of carbonyl (C=O) groups is 3. The van der Waals surface area contributed by atoms with E-state index in [1.165, 1.54) is 77.0 Å². The lowest BCUT2D eigenvalue weighted by atomic mass is 10.1. The molecule has 10 heteroatoms. The minimum Gasteiger partial charge on any atom is -0.465 e. The van der Waals surface area contributed by atoms with E-state index in [0.717, 1.165) is 70.6 Å². The number of esters is 2. The van der Waals surface area contributed by atoms with Gasteiger partial charge in [0.25, 0.3) is 0 Å². The van der Waals surface area contributed by atoms with Gasteiger partial charge in [-0.3, -0.25) is 9.59 Å². The third kappa shape index (κ3) is 41.5. The fourth-order valence-corrected chi connectivity index (χ4v) is 6.06. The molecule has 0 aromatic heterocycles. The third-order valence-electron chi connectivity index (χ3n) is 9.76. The maximum absolute atomic E-state index is 12.9. The van der Waals surface area contributed by atoms with E-state index in [-0.39, 0.29) is 38.2 Å². The van der Waals surface area contributed by atoms with Gasteiger partial charge in [0.15, 0.2) is 6.29 Å². The second-order valence-corrected chi connectivity index (χ2v) is 15.8. The molecule has 0 saturated heterocycles. The first-order chi connectivity index (χ1) is 27.8. The van der Waals surface area contributed by atoms with E-state index in [2.05, 4.69) is 50.4 Å². The number of nitrogens with zero attached hydrogens (tertiary/aromatic N) is 1. The van der Waals surface area contributed by atoms with Gasteiger partial charge in [-0.25, -0.2) is 4.79 Å². The molecular formula is C47H88N2O8. The molecule has 1 amide bonds. The van der Waals surface area contributed by atoms with E-state index in [1.807, 2.05) is 19.0 Å². The maximum Gasteiger partial charge on any atom is 0.407 e. The number of carbonyl (C=O) groups excluding carboxylic acids is 3. The number of likely N-dealkylation sites (N-methyl/N-ethyl adjacent to an activating group) is 1. The molecule has 0 aromatic carbocycles. The Morgan fingerprint density at radius 1 is 0.544 bits per heavy atom. The first-order valence-corrected chi connectivity index (χ1v) is 23.2. The van der Waals surface area contributed by atoms with Crippen LogP contribution < -0.4 is 5.32 Å². The smallest absolute Gasteiger partial charge is 0.407 e. The van der Waals surface area contributed by atoms with E-state index in [9.17, 15) is 14.4 Å². The van der Waals surface area contributed by atoms with Crippen LogP contribution in [0.3, 0.4) is 0 Å². The molecule has 57 heavy (non-hydrogen) atoms. The molecule has 0 fully saturated rings. The van der Waals surface area contributed by atoms with Gasteiger partial charge in [-0.05, 0) is 65.5 Å². The van der Waals surface area contributed by atoms with E-state index in [4.69, 9.17) is 23.7 Å². The van der Waals surface area contributed by atoms with Crippen molar-refractivity contribution in [2.75, 3.05) is 60.2 Å². The summed E-state index contributed by atoms with van der Waals surface area (Å²) < 4.78 is 28.8. The van der Waals surface area contributed by atoms with E-state index < -0.39 is 18.3 Å².